The maximum absolute atomic E-state index is 6.06. The summed E-state index contributed by atoms with van der Waals surface area (Å²) in [5.74, 6) is 0. The zero-order valence-electron chi connectivity index (χ0n) is 8.52. The molecule has 0 atom stereocenters. The Morgan fingerprint density at radius 1 is 1.00 bits per heavy atom. The number of fused-ring (bicyclic) bond motifs is 1. The Labute approximate surface area is 114 Å². The molecule has 0 bridgehead atoms. The molecule has 0 spiro atoms. The van der Waals surface area contributed by atoms with Gasteiger partial charge in [0.15, 0.2) is 0 Å². The first kappa shape index (κ1) is 11.2. The minimum atomic E-state index is 0.168. The molecule has 0 aliphatic carbocycles. The number of hydrogen-bond acceptors (Lipinski definition) is 2. The molecule has 5 heteroatoms. The van der Waals surface area contributed by atoms with Crippen LogP contribution >= 0.6 is 23.2 Å². The molecule has 0 aliphatic rings. The van der Waals surface area contributed by atoms with Crippen molar-refractivity contribution >= 4 is 47.5 Å². The third-order valence-corrected chi connectivity index (χ3v) is 5.67. The van der Waals surface area contributed by atoms with Crippen LogP contribution in [-0.4, -0.2) is 24.5 Å². The molecule has 0 unspecified atom stereocenters. The van der Waals surface area contributed by atoms with Gasteiger partial charge in [-0.1, -0.05) is 0 Å². The van der Waals surface area contributed by atoms with Crippen LogP contribution < -0.4 is 0 Å². The van der Waals surface area contributed by atoms with Crippen LogP contribution in [-0.2, 0) is 0 Å². The Morgan fingerprint density at radius 3 is 2.47 bits per heavy atom. The van der Waals surface area contributed by atoms with Crippen molar-refractivity contribution in [1.29, 1.82) is 0 Å². The molecule has 0 saturated heterocycles. The Bertz CT molecular complexity index is 677. The van der Waals surface area contributed by atoms with Gasteiger partial charge >= 0.3 is 114 Å². The molecule has 0 radical (unpaired) electrons. The standard InChI is InChI=1S/C12H6Cl2N2Se/c13-8-3-1-7(2-4-8)10-5-9-11(17-10)12(14)16-6-15-9/h1-6H. The zero-order valence-corrected chi connectivity index (χ0v) is 11.7. The second-order valence-corrected chi connectivity index (χ2v) is 6.50. The van der Waals surface area contributed by atoms with E-state index in [0.717, 1.165) is 14.8 Å². The van der Waals surface area contributed by atoms with E-state index < -0.39 is 0 Å². The third kappa shape index (κ3) is 2.12. The average Bonchev–Trinajstić information content (AvgIpc) is 2.75. The van der Waals surface area contributed by atoms with Crippen molar-refractivity contribution in [2.75, 3.05) is 0 Å². The van der Waals surface area contributed by atoms with Crippen LogP contribution in [0.25, 0.3) is 19.8 Å². The number of nitrogens with zero attached hydrogens (tertiary/aromatic N) is 2. The molecule has 3 rings (SSSR count). The number of aromatic nitrogens is 2. The van der Waals surface area contributed by atoms with Gasteiger partial charge in [-0.3, -0.25) is 0 Å². The SMILES string of the molecule is Clc1ccc(-c2cc3ncnc(Cl)c3[se]2)cc1. The van der Waals surface area contributed by atoms with Gasteiger partial charge in [-0.15, -0.1) is 0 Å². The van der Waals surface area contributed by atoms with E-state index in [4.69, 9.17) is 23.2 Å². The first-order valence-electron chi connectivity index (χ1n) is 4.90. The van der Waals surface area contributed by atoms with Gasteiger partial charge in [0, 0.05) is 0 Å². The molecule has 2 nitrogen and oxygen atoms in total. The van der Waals surface area contributed by atoms with Crippen LogP contribution in [0, 0.1) is 0 Å². The van der Waals surface area contributed by atoms with Crippen LogP contribution in [0.15, 0.2) is 36.7 Å². The zero-order chi connectivity index (χ0) is 11.8. The van der Waals surface area contributed by atoms with E-state index in [1.165, 1.54) is 16.3 Å². The summed E-state index contributed by atoms with van der Waals surface area (Å²) in [5.41, 5.74) is 2.11. The fraction of sp³-hybridized carbons (Fsp3) is 0. The first-order valence-corrected chi connectivity index (χ1v) is 7.37. The van der Waals surface area contributed by atoms with Gasteiger partial charge in [0.05, 0.1) is 0 Å². The summed E-state index contributed by atoms with van der Waals surface area (Å²) < 4.78 is 2.32. The van der Waals surface area contributed by atoms with Crippen molar-refractivity contribution < 1.29 is 0 Å². The Balaban J connectivity index is 2.18. The number of halogens is 2. The van der Waals surface area contributed by atoms with Crippen molar-refractivity contribution in [1.82, 2.24) is 9.97 Å². The average molecular weight is 328 g/mol. The van der Waals surface area contributed by atoms with Crippen molar-refractivity contribution in [3.05, 3.63) is 46.8 Å². The van der Waals surface area contributed by atoms with E-state index in [0.29, 0.717) is 5.15 Å². The van der Waals surface area contributed by atoms with E-state index in [1.54, 1.807) is 0 Å². The van der Waals surface area contributed by atoms with Crippen molar-refractivity contribution in [3.63, 3.8) is 0 Å². The molecule has 0 aliphatic heterocycles. The number of hydrogen-bond donors (Lipinski definition) is 0. The molecule has 84 valence electrons. The summed E-state index contributed by atoms with van der Waals surface area (Å²) in [6, 6.07) is 9.90. The molecular weight excluding hydrogens is 322 g/mol. The van der Waals surface area contributed by atoms with Crippen LogP contribution in [0.2, 0.25) is 10.2 Å². The molecule has 1 aromatic carbocycles. The quantitative estimate of drug-likeness (QED) is 0.503. The molecule has 0 saturated carbocycles. The summed E-state index contributed by atoms with van der Waals surface area (Å²) in [4.78, 5) is 8.24. The van der Waals surface area contributed by atoms with E-state index in [1.807, 2.05) is 24.3 Å². The van der Waals surface area contributed by atoms with Crippen LogP contribution in [0.3, 0.4) is 0 Å². The van der Waals surface area contributed by atoms with Crippen molar-refractivity contribution in [2.24, 2.45) is 0 Å². The number of rotatable bonds is 1. The van der Waals surface area contributed by atoms with Gasteiger partial charge in [0.1, 0.15) is 0 Å². The topological polar surface area (TPSA) is 25.8 Å². The van der Waals surface area contributed by atoms with Gasteiger partial charge in [-0.05, 0) is 0 Å². The Hall–Kier alpha value is -0.861. The second kappa shape index (κ2) is 4.43. The van der Waals surface area contributed by atoms with E-state index in [9.17, 15) is 0 Å². The molecule has 2 aromatic heterocycles. The predicted molar refractivity (Wildman–Crippen MR) is 71.9 cm³/mol. The van der Waals surface area contributed by atoms with Crippen molar-refractivity contribution in [3.8, 4) is 10.0 Å². The third-order valence-electron chi connectivity index (χ3n) is 2.40. The molecule has 2 heterocycles. The van der Waals surface area contributed by atoms with E-state index >= 15 is 0 Å². The molecule has 3 aromatic rings. The molecule has 0 fully saturated rings. The van der Waals surface area contributed by atoms with Gasteiger partial charge in [0.25, 0.3) is 0 Å². The van der Waals surface area contributed by atoms with Gasteiger partial charge < -0.3 is 0 Å². The summed E-state index contributed by atoms with van der Waals surface area (Å²) >= 11 is 12.1. The monoisotopic (exact) mass is 328 g/mol. The second-order valence-electron chi connectivity index (χ2n) is 3.50. The van der Waals surface area contributed by atoms with Crippen LogP contribution in [0.5, 0.6) is 0 Å². The van der Waals surface area contributed by atoms with E-state index in [-0.39, 0.29) is 14.5 Å². The van der Waals surface area contributed by atoms with Gasteiger partial charge in [-0.2, -0.15) is 0 Å². The molecular formula is C12H6Cl2N2Se. The normalized spacial score (nSPS) is 10.9. The van der Waals surface area contributed by atoms with Gasteiger partial charge in [0.2, 0.25) is 0 Å². The Kier molecular flexibility index (Phi) is 2.93. The summed E-state index contributed by atoms with van der Waals surface area (Å²) in [6.45, 7) is 0. The maximum atomic E-state index is 6.06. The van der Waals surface area contributed by atoms with E-state index in [2.05, 4.69) is 16.0 Å². The molecule has 0 N–H and O–H groups in total. The first-order chi connectivity index (χ1) is 8.24. The molecule has 17 heavy (non-hydrogen) atoms. The fourth-order valence-electron chi connectivity index (χ4n) is 1.58. The van der Waals surface area contributed by atoms with Crippen LogP contribution in [0.1, 0.15) is 0 Å². The summed E-state index contributed by atoms with van der Waals surface area (Å²) in [5, 5.41) is 1.31. The number of benzene rings is 1. The van der Waals surface area contributed by atoms with Gasteiger partial charge in [-0.25, -0.2) is 0 Å². The summed E-state index contributed by atoms with van der Waals surface area (Å²) in [6.07, 6.45) is 1.50. The van der Waals surface area contributed by atoms with Crippen molar-refractivity contribution in [2.45, 2.75) is 0 Å². The van der Waals surface area contributed by atoms with Crippen LogP contribution in [0.4, 0.5) is 0 Å². The minimum absolute atomic E-state index is 0.168. The summed E-state index contributed by atoms with van der Waals surface area (Å²) in [7, 11) is 0. The fourth-order valence-corrected chi connectivity index (χ4v) is 4.14. The Morgan fingerprint density at radius 2 is 1.76 bits per heavy atom. The predicted octanol–water partition coefficient (Wildman–Crippen LogP) is 3.66. The molecule has 0 amide bonds.